The molecule has 0 aliphatic carbocycles. The van der Waals surface area contributed by atoms with Crippen molar-refractivity contribution in [3.63, 3.8) is 0 Å². The molecule has 0 fully saturated rings. The van der Waals surface area contributed by atoms with Crippen molar-refractivity contribution in [1.29, 1.82) is 0 Å². The van der Waals surface area contributed by atoms with Crippen LogP contribution < -0.4 is 0 Å². The standard InChI is InChI=1S/C37H61NO7/c1-6-8-10-12-14-15-16-17-18-19-20-21-22-24-26-28-36(40)45-33(31-43-30-29-34(37(41)42)38(3,4)5)32-44-35(39)27-25-23-13-11-9-7-2/h8,10,14-15,17-18,20-21,24,26,33-34H,6-7,9,11-13,16,19,22-23,25,27-32H2,1-5H3/p+1/b10-8-,15-14-,18-17-,21-20-,26-24-. The minimum atomic E-state index is -0.894. The summed E-state index contributed by atoms with van der Waals surface area (Å²) in [6.45, 7) is 4.41. The summed E-state index contributed by atoms with van der Waals surface area (Å²) < 4.78 is 16.9. The summed E-state index contributed by atoms with van der Waals surface area (Å²) in [7, 11) is 5.46. The summed E-state index contributed by atoms with van der Waals surface area (Å²) in [6.07, 6.45) is 31.7. The van der Waals surface area contributed by atoms with Gasteiger partial charge in [0.05, 0.1) is 40.8 Å². The number of carbonyl (C=O) groups excluding carboxylic acids is 2. The zero-order valence-corrected chi connectivity index (χ0v) is 28.8. The maximum atomic E-state index is 12.5. The summed E-state index contributed by atoms with van der Waals surface area (Å²) in [5.41, 5.74) is 0. The summed E-state index contributed by atoms with van der Waals surface area (Å²) >= 11 is 0. The van der Waals surface area contributed by atoms with E-state index in [1.165, 1.54) is 19.3 Å². The average Bonchev–Trinajstić information content (AvgIpc) is 2.98. The first-order valence-corrected chi connectivity index (χ1v) is 16.8. The number of rotatable bonds is 28. The molecule has 2 unspecified atom stereocenters. The molecule has 45 heavy (non-hydrogen) atoms. The lowest BCUT2D eigenvalue weighted by Gasteiger charge is -2.31. The summed E-state index contributed by atoms with van der Waals surface area (Å²) in [4.78, 5) is 36.4. The van der Waals surface area contributed by atoms with E-state index < -0.39 is 24.1 Å². The number of quaternary nitrogens is 1. The van der Waals surface area contributed by atoms with E-state index in [1.807, 2.05) is 27.2 Å². The number of nitrogens with zero attached hydrogens (tertiary/aromatic N) is 1. The molecule has 0 radical (unpaired) electrons. The lowest BCUT2D eigenvalue weighted by molar-refractivity contribution is -0.887. The number of aliphatic carboxylic acids is 1. The number of allylic oxidation sites excluding steroid dienone is 9. The lowest BCUT2D eigenvalue weighted by Crippen LogP contribution is -2.50. The van der Waals surface area contributed by atoms with E-state index in [2.05, 4.69) is 62.5 Å². The number of carbonyl (C=O) groups is 3. The van der Waals surface area contributed by atoms with Gasteiger partial charge in [-0.2, -0.15) is 0 Å². The van der Waals surface area contributed by atoms with Crippen LogP contribution in [-0.2, 0) is 28.6 Å². The Morgan fingerprint density at radius 1 is 0.689 bits per heavy atom. The second kappa shape index (κ2) is 28.5. The van der Waals surface area contributed by atoms with E-state index in [4.69, 9.17) is 14.2 Å². The number of hydrogen-bond acceptors (Lipinski definition) is 6. The molecule has 0 aliphatic rings. The number of esters is 2. The zero-order chi connectivity index (χ0) is 33.6. The quantitative estimate of drug-likeness (QED) is 0.0405. The fraction of sp³-hybridized carbons (Fsp3) is 0.649. The molecule has 0 aromatic heterocycles. The number of ether oxygens (including phenoxy) is 3. The Hall–Kier alpha value is -2.97. The van der Waals surface area contributed by atoms with Crippen molar-refractivity contribution >= 4 is 17.9 Å². The molecule has 0 spiro atoms. The van der Waals surface area contributed by atoms with Gasteiger partial charge in [0, 0.05) is 12.8 Å². The molecule has 0 aromatic carbocycles. The normalized spacial score (nSPS) is 13.9. The first-order valence-electron chi connectivity index (χ1n) is 16.8. The van der Waals surface area contributed by atoms with Crippen LogP contribution in [0.2, 0.25) is 0 Å². The van der Waals surface area contributed by atoms with Gasteiger partial charge in [0.15, 0.2) is 12.1 Å². The van der Waals surface area contributed by atoms with Crippen LogP contribution in [0.4, 0.5) is 0 Å². The maximum absolute atomic E-state index is 12.5. The highest BCUT2D eigenvalue weighted by Crippen LogP contribution is 2.10. The minimum Gasteiger partial charge on any atom is -0.477 e. The zero-order valence-electron chi connectivity index (χ0n) is 28.8. The van der Waals surface area contributed by atoms with E-state index in [9.17, 15) is 19.5 Å². The van der Waals surface area contributed by atoms with E-state index in [1.54, 1.807) is 6.08 Å². The van der Waals surface area contributed by atoms with E-state index in [-0.39, 0.29) is 36.7 Å². The van der Waals surface area contributed by atoms with Crippen molar-refractivity contribution in [1.82, 2.24) is 0 Å². The molecule has 0 saturated carbocycles. The molecule has 0 bridgehead atoms. The molecule has 0 rings (SSSR count). The summed E-state index contributed by atoms with van der Waals surface area (Å²) in [5.74, 6) is -1.65. The molecule has 0 amide bonds. The lowest BCUT2D eigenvalue weighted by atomic mass is 10.1. The van der Waals surface area contributed by atoms with Gasteiger partial charge in [0.1, 0.15) is 6.61 Å². The fourth-order valence-corrected chi connectivity index (χ4v) is 4.34. The topological polar surface area (TPSA) is 99.1 Å². The number of unbranched alkanes of at least 4 members (excludes halogenated alkanes) is 5. The molecule has 256 valence electrons. The van der Waals surface area contributed by atoms with Gasteiger partial charge in [-0.05, 0) is 38.5 Å². The number of carboxylic acids is 1. The van der Waals surface area contributed by atoms with Crippen LogP contribution in [0.15, 0.2) is 60.8 Å². The van der Waals surface area contributed by atoms with Gasteiger partial charge in [-0.3, -0.25) is 9.59 Å². The third kappa shape index (κ3) is 27.1. The van der Waals surface area contributed by atoms with Crippen LogP contribution in [0.25, 0.3) is 0 Å². The van der Waals surface area contributed by atoms with Crippen LogP contribution in [0.1, 0.15) is 104 Å². The third-order valence-electron chi connectivity index (χ3n) is 6.96. The Morgan fingerprint density at radius 3 is 1.76 bits per heavy atom. The van der Waals surface area contributed by atoms with Crippen LogP contribution in [0, 0.1) is 0 Å². The van der Waals surface area contributed by atoms with Crippen LogP contribution in [-0.4, -0.2) is 80.6 Å². The molecule has 0 heterocycles. The molecule has 8 nitrogen and oxygen atoms in total. The van der Waals surface area contributed by atoms with Gasteiger partial charge in [0.2, 0.25) is 0 Å². The minimum absolute atomic E-state index is 0.0190. The van der Waals surface area contributed by atoms with Crippen molar-refractivity contribution in [2.75, 3.05) is 41.0 Å². The second-order valence-corrected chi connectivity index (χ2v) is 12.1. The van der Waals surface area contributed by atoms with E-state index in [0.717, 1.165) is 44.9 Å². The molecule has 2 atom stereocenters. The summed E-state index contributed by atoms with van der Waals surface area (Å²) in [6, 6.07) is -0.628. The van der Waals surface area contributed by atoms with Crippen LogP contribution in [0.3, 0.4) is 0 Å². The van der Waals surface area contributed by atoms with Gasteiger partial charge in [-0.1, -0.05) is 107 Å². The molecular weight excluding hydrogens is 570 g/mol. The van der Waals surface area contributed by atoms with E-state index >= 15 is 0 Å². The molecular formula is C37H62NO7+. The van der Waals surface area contributed by atoms with Crippen molar-refractivity contribution in [3.05, 3.63) is 60.8 Å². The maximum Gasteiger partial charge on any atom is 0.362 e. The van der Waals surface area contributed by atoms with Gasteiger partial charge in [-0.15, -0.1) is 0 Å². The Kier molecular flexibility index (Phi) is 26.6. The Balaban J connectivity index is 4.62. The molecule has 1 N–H and O–H groups in total. The second-order valence-electron chi connectivity index (χ2n) is 12.1. The molecule has 8 heteroatoms. The Bertz CT molecular complexity index is 928. The van der Waals surface area contributed by atoms with E-state index in [0.29, 0.717) is 19.3 Å². The smallest absolute Gasteiger partial charge is 0.362 e. The number of carboxylic acid groups (broad SMARTS) is 1. The average molecular weight is 633 g/mol. The highest BCUT2D eigenvalue weighted by atomic mass is 16.6. The van der Waals surface area contributed by atoms with Crippen molar-refractivity contribution in [2.45, 2.75) is 116 Å². The predicted octanol–water partition coefficient (Wildman–Crippen LogP) is 7.90. The largest absolute Gasteiger partial charge is 0.477 e. The highest BCUT2D eigenvalue weighted by Gasteiger charge is 2.31. The third-order valence-corrected chi connectivity index (χ3v) is 6.96. The van der Waals surface area contributed by atoms with Gasteiger partial charge in [0.25, 0.3) is 0 Å². The van der Waals surface area contributed by atoms with Gasteiger partial charge < -0.3 is 23.8 Å². The fourth-order valence-electron chi connectivity index (χ4n) is 4.34. The van der Waals surface area contributed by atoms with Crippen LogP contribution in [0.5, 0.6) is 0 Å². The monoisotopic (exact) mass is 632 g/mol. The predicted molar refractivity (Wildman–Crippen MR) is 183 cm³/mol. The van der Waals surface area contributed by atoms with Crippen molar-refractivity contribution in [3.8, 4) is 0 Å². The highest BCUT2D eigenvalue weighted by molar-refractivity contribution is 5.72. The van der Waals surface area contributed by atoms with Crippen molar-refractivity contribution in [2.24, 2.45) is 0 Å². The Morgan fingerprint density at radius 2 is 1.22 bits per heavy atom. The van der Waals surface area contributed by atoms with Crippen LogP contribution >= 0.6 is 0 Å². The first kappa shape index (κ1) is 42.0. The van der Waals surface area contributed by atoms with Gasteiger partial charge >= 0.3 is 17.9 Å². The van der Waals surface area contributed by atoms with Gasteiger partial charge in [-0.25, -0.2) is 4.79 Å². The number of likely N-dealkylation sites (N-methyl/N-ethyl adjacent to an activating group) is 1. The molecule has 0 saturated heterocycles. The first-order chi connectivity index (χ1) is 21.6. The number of hydrogen-bond donors (Lipinski definition) is 1. The SMILES string of the molecule is CC/C=C\C/C=C\C/C=C\C/C=C\C/C=C\CC(=O)OC(COCCC(C(=O)O)[N+](C)(C)C)COC(=O)CCCCCCCC. The van der Waals surface area contributed by atoms with Crippen molar-refractivity contribution < 1.29 is 38.2 Å². The Labute approximate surface area is 273 Å². The summed E-state index contributed by atoms with van der Waals surface area (Å²) in [5, 5.41) is 9.53. The molecule has 0 aromatic rings. The molecule has 0 aliphatic heterocycles.